The molecular formula is C11H15N3O3. The van der Waals surface area contributed by atoms with Crippen molar-refractivity contribution >= 4 is 11.8 Å². The first-order valence-electron chi connectivity index (χ1n) is 5.65. The summed E-state index contributed by atoms with van der Waals surface area (Å²) >= 11 is 0. The number of aliphatic hydroxyl groups is 1. The molecule has 1 fully saturated rings. The van der Waals surface area contributed by atoms with E-state index in [1.807, 2.05) is 4.90 Å². The van der Waals surface area contributed by atoms with Gasteiger partial charge in [-0.25, -0.2) is 14.8 Å². The van der Waals surface area contributed by atoms with Crippen LogP contribution < -0.4 is 4.90 Å². The van der Waals surface area contributed by atoms with Crippen molar-refractivity contribution in [1.82, 2.24) is 9.97 Å². The van der Waals surface area contributed by atoms with Crippen LogP contribution in [-0.4, -0.2) is 45.3 Å². The molecule has 0 aliphatic heterocycles. The van der Waals surface area contributed by atoms with E-state index in [-0.39, 0.29) is 12.3 Å². The summed E-state index contributed by atoms with van der Waals surface area (Å²) in [4.78, 5) is 20.6. The molecule has 1 aromatic rings. The molecule has 1 saturated carbocycles. The smallest absolute Gasteiger partial charge is 0.356 e. The summed E-state index contributed by atoms with van der Waals surface area (Å²) in [5.74, 6) is -0.449. The number of carbonyl (C=O) groups is 1. The summed E-state index contributed by atoms with van der Waals surface area (Å²) in [6.45, 7) is 0.560. The molecule has 0 spiro atoms. The number of hydrogen-bond donors (Lipinski definition) is 2. The highest BCUT2D eigenvalue weighted by molar-refractivity contribution is 5.84. The second-order valence-corrected chi connectivity index (χ2v) is 4.07. The first-order valence-corrected chi connectivity index (χ1v) is 5.65. The highest BCUT2D eigenvalue weighted by atomic mass is 16.4. The average molecular weight is 237 g/mol. The van der Waals surface area contributed by atoms with Crippen LogP contribution in [0.5, 0.6) is 0 Å². The number of rotatable bonds is 5. The van der Waals surface area contributed by atoms with Crippen LogP contribution in [0.4, 0.5) is 5.82 Å². The van der Waals surface area contributed by atoms with Crippen LogP contribution in [0.25, 0.3) is 0 Å². The first-order chi connectivity index (χ1) is 8.22. The molecule has 0 atom stereocenters. The molecule has 0 amide bonds. The summed E-state index contributed by atoms with van der Waals surface area (Å²) in [7, 11) is 0. The van der Waals surface area contributed by atoms with Crippen molar-refractivity contribution in [3.05, 3.63) is 18.1 Å². The number of anilines is 1. The van der Waals surface area contributed by atoms with Gasteiger partial charge in [-0.3, -0.25) is 0 Å². The minimum atomic E-state index is -1.08. The number of nitrogens with zero attached hydrogens (tertiary/aromatic N) is 3. The molecule has 0 radical (unpaired) electrons. The Balaban J connectivity index is 2.14. The molecule has 6 heteroatoms. The zero-order valence-electron chi connectivity index (χ0n) is 9.41. The Morgan fingerprint density at radius 2 is 2.18 bits per heavy atom. The van der Waals surface area contributed by atoms with Crippen LogP contribution in [0.15, 0.2) is 12.4 Å². The van der Waals surface area contributed by atoms with Crippen molar-refractivity contribution in [2.45, 2.75) is 25.3 Å². The van der Waals surface area contributed by atoms with Crippen LogP contribution in [0.3, 0.4) is 0 Å². The predicted molar refractivity (Wildman–Crippen MR) is 61.1 cm³/mol. The Morgan fingerprint density at radius 3 is 2.59 bits per heavy atom. The van der Waals surface area contributed by atoms with E-state index in [1.54, 1.807) is 0 Å². The van der Waals surface area contributed by atoms with Gasteiger partial charge in [0.2, 0.25) is 0 Å². The van der Waals surface area contributed by atoms with Gasteiger partial charge in [0.15, 0.2) is 5.69 Å². The third-order valence-electron chi connectivity index (χ3n) is 3.01. The fraction of sp³-hybridized carbons (Fsp3) is 0.545. The third kappa shape index (κ3) is 2.52. The van der Waals surface area contributed by atoms with Gasteiger partial charge >= 0.3 is 5.97 Å². The Hall–Kier alpha value is -1.69. The van der Waals surface area contributed by atoms with Crippen molar-refractivity contribution in [3.8, 4) is 0 Å². The highest BCUT2D eigenvalue weighted by Gasteiger charge is 2.25. The Bertz CT molecular complexity index is 389. The van der Waals surface area contributed by atoms with Gasteiger partial charge in [0.1, 0.15) is 5.82 Å². The number of aliphatic hydroxyl groups excluding tert-OH is 1. The molecule has 0 saturated heterocycles. The van der Waals surface area contributed by atoms with Crippen molar-refractivity contribution in [3.63, 3.8) is 0 Å². The Labute approximate surface area is 98.9 Å². The normalized spacial score (nSPS) is 15.4. The van der Waals surface area contributed by atoms with Crippen molar-refractivity contribution < 1.29 is 15.0 Å². The minimum Gasteiger partial charge on any atom is -0.476 e. The van der Waals surface area contributed by atoms with Gasteiger partial charge in [0, 0.05) is 12.6 Å². The maximum absolute atomic E-state index is 10.7. The SMILES string of the molecule is O=C(O)c1cnc(N(CCO)C2CCC2)cn1. The molecule has 17 heavy (non-hydrogen) atoms. The van der Waals surface area contributed by atoms with E-state index in [2.05, 4.69) is 9.97 Å². The lowest BCUT2D eigenvalue weighted by atomic mass is 9.91. The topological polar surface area (TPSA) is 86.5 Å². The molecule has 1 aromatic heterocycles. The summed E-state index contributed by atoms with van der Waals surface area (Å²) in [6, 6.07) is 0.395. The van der Waals surface area contributed by atoms with E-state index >= 15 is 0 Å². The lowest BCUT2D eigenvalue weighted by Crippen LogP contribution is -2.42. The van der Waals surface area contributed by atoms with E-state index in [4.69, 9.17) is 10.2 Å². The van der Waals surface area contributed by atoms with Crippen molar-refractivity contribution in [1.29, 1.82) is 0 Å². The largest absolute Gasteiger partial charge is 0.476 e. The zero-order valence-corrected chi connectivity index (χ0v) is 9.41. The van der Waals surface area contributed by atoms with Gasteiger partial charge in [0.05, 0.1) is 19.0 Å². The van der Waals surface area contributed by atoms with Gasteiger partial charge in [0.25, 0.3) is 0 Å². The molecule has 6 nitrogen and oxygen atoms in total. The van der Waals surface area contributed by atoms with Gasteiger partial charge in [-0.1, -0.05) is 0 Å². The minimum absolute atomic E-state index is 0.0544. The van der Waals surface area contributed by atoms with Gasteiger partial charge in [-0.05, 0) is 19.3 Å². The molecular weight excluding hydrogens is 222 g/mol. The Kier molecular flexibility index (Phi) is 3.53. The van der Waals surface area contributed by atoms with Gasteiger partial charge in [-0.15, -0.1) is 0 Å². The fourth-order valence-corrected chi connectivity index (χ4v) is 1.87. The molecule has 1 heterocycles. The zero-order chi connectivity index (χ0) is 12.3. The highest BCUT2D eigenvalue weighted by Crippen LogP contribution is 2.27. The summed E-state index contributed by atoms with van der Waals surface area (Å²) < 4.78 is 0. The molecule has 1 aliphatic carbocycles. The standard InChI is InChI=1S/C11H15N3O3/c15-5-4-14(8-2-1-3-8)10-7-12-9(6-13-10)11(16)17/h6-8,15H,1-5H2,(H,16,17). The predicted octanol–water partition coefficient (Wildman–Crippen LogP) is 0.526. The van der Waals surface area contributed by atoms with Crippen LogP contribution in [0.1, 0.15) is 29.8 Å². The van der Waals surface area contributed by atoms with E-state index < -0.39 is 5.97 Å². The molecule has 0 unspecified atom stereocenters. The maximum Gasteiger partial charge on any atom is 0.356 e. The number of hydrogen-bond acceptors (Lipinski definition) is 5. The number of aromatic nitrogens is 2. The monoisotopic (exact) mass is 237 g/mol. The van der Waals surface area contributed by atoms with Crippen LogP contribution in [0, 0.1) is 0 Å². The maximum atomic E-state index is 10.7. The van der Waals surface area contributed by atoms with Crippen LogP contribution in [-0.2, 0) is 0 Å². The molecule has 92 valence electrons. The summed E-state index contributed by atoms with van der Waals surface area (Å²) in [5, 5.41) is 17.8. The van der Waals surface area contributed by atoms with Gasteiger partial charge < -0.3 is 15.1 Å². The van der Waals surface area contributed by atoms with Crippen LogP contribution in [0.2, 0.25) is 0 Å². The third-order valence-corrected chi connectivity index (χ3v) is 3.01. The molecule has 1 aliphatic rings. The second-order valence-electron chi connectivity index (χ2n) is 4.07. The van der Waals surface area contributed by atoms with E-state index in [0.29, 0.717) is 18.4 Å². The number of carboxylic acid groups (broad SMARTS) is 1. The molecule has 2 N–H and O–H groups in total. The Morgan fingerprint density at radius 1 is 1.41 bits per heavy atom. The number of carboxylic acids is 1. The lowest BCUT2D eigenvalue weighted by molar-refractivity contribution is 0.0690. The first kappa shape index (κ1) is 11.8. The average Bonchev–Trinajstić information content (AvgIpc) is 2.26. The molecule has 0 aromatic carbocycles. The molecule has 2 rings (SSSR count). The van der Waals surface area contributed by atoms with Crippen molar-refractivity contribution in [2.24, 2.45) is 0 Å². The lowest BCUT2D eigenvalue weighted by Gasteiger charge is -2.37. The summed E-state index contributed by atoms with van der Waals surface area (Å²) in [6.07, 6.45) is 6.07. The number of aromatic carboxylic acids is 1. The van der Waals surface area contributed by atoms with E-state index in [0.717, 1.165) is 12.8 Å². The van der Waals surface area contributed by atoms with E-state index in [9.17, 15) is 4.79 Å². The fourth-order valence-electron chi connectivity index (χ4n) is 1.87. The van der Waals surface area contributed by atoms with Crippen molar-refractivity contribution in [2.75, 3.05) is 18.1 Å². The van der Waals surface area contributed by atoms with Gasteiger partial charge in [-0.2, -0.15) is 0 Å². The quantitative estimate of drug-likeness (QED) is 0.776. The summed E-state index contributed by atoms with van der Waals surface area (Å²) in [5.41, 5.74) is -0.0636. The van der Waals surface area contributed by atoms with Crippen LogP contribution >= 0.6 is 0 Å². The van der Waals surface area contributed by atoms with E-state index in [1.165, 1.54) is 18.8 Å². The molecule has 0 bridgehead atoms. The second kappa shape index (κ2) is 5.09.